The van der Waals surface area contributed by atoms with Gasteiger partial charge in [0.25, 0.3) is 5.56 Å². The first kappa shape index (κ1) is 21.1. The Hall–Kier alpha value is -3.77. The molecule has 0 aliphatic carbocycles. The fraction of sp³-hybridized carbons (Fsp3) is 0.381. The standard InChI is InChI=1S/C21H26N10O2/c32-12-11-31-28-18(26-29-31)14-5-7-15(8-6-14)23-19-17-16(13-22-27-20(17)33)24-21(25-19)30-9-3-1-2-4-10-30/h5-8,13,29,32H,1-4,9-12H2,(H,26,28)(H,27,33)(H,23,24,25). The van der Waals surface area contributed by atoms with Crippen LogP contribution in [-0.2, 0) is 0 Å². The van der Waals surface area contributed by atoms with Crippen LogP contribution >= 0.6 is 0 Å². The van der Waals surface area contributed by atoms with Crippen molar-refractivity contribution in [2.24, 2.45) is 5.10 Å². The number of hydrazone groups is 1. The van der Waals surface area contributed by atoms with E-state index in [1.807, 2.05) is 24.3 Å². The van der Waals surface area contributed by atoms with Crippen molar-refractivity contribution in [2.75, 3.05) is 36.5 Å². The largest absolute Gasteiger partial charge is 0.394 e. The van der Waals surface area contributed by atoms with Crippen LogP contribution in [0.4, 0.5) is 17.5 Å². The van der Waals surface area contributed by atoms with Crippen molar-refractivity contribution < 1.29 is 5.11 Å². The molecule has 172 valence electrons. The molecule has 1 aromatic carbocycles. The molecule has 2 aromatic heterocycles. The summed E-state index contributed by atoms with van der Waals surface area (Å²) in [6, 6.07) is 7.60. The van der Waals surface area contributed by atoms with Gasteiger partial charge in [-0.2, -0.15) is 10.1 Å². The van der Waals surface area contributed by atoms with Crippen molar-refractivity contribution in [3.63, 3.8) is 0 Å². The van der Waals surface area contributed by atoms with Crippen LogP contribution in [0.25, 0.3) is 10.9 Å². The monoisotopic (exact) mass is 450 g/mol. The Morgan fingerprint density at radius 2 is 1.85 bits per heavy atom. The maximum atomic E-state index is 12.5. The maximum absolute atomic E-state index is 12.5. The first-order valence-corrected chi connectivity index (χ1v) is 11.1. The Kier molecular flexibility index (Phi) is 6.00. The molecule has 12 heteroatoms. The van der Waals surface area contributed by atoms with Gasteiger partial charge in [-0.25, -0.2) is 15.2 Å². The van der Waals surface area contributed by atoms with Crippen molar-refractivity contribution in [2.45, 2.75) is 25.7 Å². The zero-order valence-electron chi connectivity index (χ0n) is 18.1. The summed E-state index contributed by atoms with van der Waals surface area (Å²) in [4.78, 5) is 24.1. The summed E-state index contributed by atoms with van der Waals surface area (Å²) in [5.74, 6) is 1.70. The average molecular weight is 451 g/mol. The molecule has 1 saturated heterocycles. The van der Waals surface area contributed by atoms with Gasteiger partial charge in [-0.3, -0.25) is 10.2 Å². The van der Waals surface area contributed by atoms with E-state index < -0.39 is 0 Å². The minimum atomic E-state index is -0.339. The van der Waals surface area contributed by atoms with Gasteiger partial charge in [-0.1, -0.05) is 12.8 Å². The van der Waals surface area contributed by atoms with Gasteiger partial charge in [-0.05, 0) is 37.1 Å². The first-order chi connectivity index (χ1) is 16.2. The highest BCUT2D eigenvalue weighted by atomic mass is 16.3. The molecule has 0 amide bonds. The summed E-state index contributed by atoms with van der Waals surface area (Å²) >= 11 is 0. The topological polar surface area (TPSA) is 147 Å². The van der Waals surface area contributed by atoms with Gasteiger partial charge in [0.1, 0.15) is 16.7 Å². The molecule has 0 unspecified atom stereocenters. The molecule has 33 heavy (non-hydrogen) atoms. The van der Waals surface area contributed by atoms with Gasteiger partial charge in [0.2, 0.25) is 5.95 Å². The Morgan fingerprint density at radius 1 is 1.06 bits per heavy atom. The first-order valence-electron chi connectivity index (χ1n) is 11.1. The lowest BCUT2D eigenvalue weighted by Gasteiger charge is -2.21. The van der Waals surface area contributed by atoms with Gasteiger partial charge >= 0.3 is 0 Å². The predicted molar refractivity (Wildman–Crippen MR) is 125 cm³/mol. The molecule has 0 bridgehead atoms. The van der Waals surface area contributed by atoms with Crippen molar-refractivity contribution in [3.05, 3.63) is 46.4 Å². The van der Waals surface area contributed by atoms with Crippen molar-refractivity contribution in [1.29, 1.82) is 0 Å². The van der Waals surface area contributed by atoms with E-state index >= 15 is 0 Å². The lowest BCUT2D eigenvalue weighted by atomic mass is 10.2. The normalized spacial score (nSPS) is 16.5. The summed E-state index contributed by atoms with van der Waals surface area (Å²) in [6.45, 7) is 2.16. The number of benzene rings is 1. The zero-order valence-corrected chi connectivity index (χ0v) is 18.1. The van der Waals surface area contributed by atoms with Crippen LogP contribution < -0.4 is 26.7 Å². The fourth-order valence-electron chi connectivity index (χ4n) is 3.96. The molecule has 0 saturated carbocycles. The van der Waals surface area contributed by atoms with Crippen LogP contribution in [0.2, 0.25) is 0 Å². The van der Waals surface area contributed by atoms with E-state index in [1.54, 1.807) is 6.20 Å². The number of aromatic amines is 1. The maximum Gasteiger partial charge on any atom is 0.277 e. The highest BCUT2D eigenvalue weighted by molar-refractivity contribution is 5.99. The van der Waals surface area contributed by atoms with Crippen LogP contribution in [0.1, 0.15) is 31.2 Å². The van der Waals surface area contributed by atoms with Crippen LogP contribution in [-0.4, -0.2) is 62.5 Å². The second kappa shape index (κ2) is 9.38. The second-order valence-electron chi connectivity index (χ2n) is 7.97. The van der Waals surface area contributed by atoms with Crippen LogP contribution in [0.15, 0.2) is 40.4 Å². The fourth-order valence-corrected chi connectivity index (χ4v) is 3.96. The third-order valence-corrected chi connectivity index (χ3v) is 5.65. The SMILES string of the molecule is O=c1[nH]ncc2nc(N3CCCCCC3)nc(Nc3ccc(C4=NN(CCO)NN4)cc3)c12. The number of hydrazine groups is 2. The molecule has 0 spiro atoms. The second-order valence-corrected chi connectivity index (χ2v) is 7.97. The summed E-state index contributed by atoms with van der Waals surface area (Å²) in [5, 5.41) is 25.0. The summed E-state index contributed by atoms with van der Waals surface area (Å²) < 4.78 is 0. The minimum absolute atomic E-state index is 0.00469. The third-order valence-electron chi connectivity index (χ3n) is 5.65. The molecule has 12 nitrogen and oxygen atoms in total. The number of hydrogen-bond donors (Lipinski definition) is 5. The number of hydrogen-bond acceptors (Lipinski definition) is 11. The molecule has 0 radical (unpaired) electrons. The minimum Gasteiger partial charge on any atom is -0.394 e. The summed E-state index contributed by atoms with van der Waals surface area (Å²) in [6.07, 6.45) is 6.17. The van der Waals surface area contributed by atoms with Crippen LogP contribution in [0.5, 0.6) is 0 Å². The predicted octanol–water partition coefficient (Wildman–Crippen LogP) is 0.816. The highest BCUT2D eigenvalue weighted by Gasteiger charge is 2.18. The quantitative estimate of drug-likeness (QED) is 0.366. The highest BCUT2D eigenvalue weighted by Crippen LogP contribution is 2.25. The lowest BCUT2D eigenvalue weighted by molar-refractivity contribution is 0.155. The average Bonchev–Trinajstić information content (AvgIpc) is 3.12. The van der Waals surface area contributed by atoms with Gasteiger partial charge in [0.05, 0.1) is 19.3 Å². The number of nitrogens with one attached hydrogen (secondary N) is 4. The Morgan fingerprint density at radius 3 is 2.61 bits per heavy atom. The molecule has 0 atom stereocenters. The van der Waals surface area contributed by atoms with E-state index in [0.717, 1.165) is 37.2 Å². The van der Waals surface area contributed by atoms with Gasteiger partial charge in [-0.15, -0.1) is 10.6 Å². The van der Waals surface area contributed by atoms with E-state index in [2.05, 4.69) is 41.5 Å². The number of anilines is 3. The molecular formula is C21H26N10O2. The molecule has 4 heterocycles. The van der Waals surface area contributed by atoms with E-state index in [-0.39, 0.29) is 12.2 Å². The number of nitrogens with zero attached hydrogens (tertiary/aromatic N) is 6. The Labute approximate surface area is 189 Å². The number of aliphatic hydroxyl groups is 1. The number of rotatable bonds is 6. The number of amidine groups is 1. The van der Waals surface area contributed by atoms with E-state index in [0.29, 0.717) is 35.0 Å². The number of aliphatic hydroxyl groups excluding tert-OH is 1. The smallest absolute Gasteiger partial charge is 0.277 e. The molecule has 5 N–H and O–H groups in total. The molecule has 5 rings (SSSR count). The molecule has 2 aliphatic heterocycles. The van der Waals surface area contributed by atoms with Crippen LogP contribution in [0, 0.1) is 0 Å². The molecule has 1 fully saturated rings. The Balaban J connectivity index is 1.44. The zero-order chi connectivity index (χ0) is 22.6. The van der Waals surface area contributed by atoms with Crippen molar-refractivity contribution in [3.8, 4) is 0 Å². The van der Waals surface area contributed by atoms with Crippen molar-refractivity contribution in [1.82, 2.24) is 36.2 Å². The molecule has 3 aromatic rings. The number of fused-ring (bicyclic) bond motifs is 1. The summed E-state index contributed by atoms with van der Waals surface area (Å²) in [7, 11) is 0. The van der Waals surface area contributed by atoms with Crippen LogP contribution in [0.3, 0.4) is 0 Å². The van der Waals surface area contributed by atoms with E-state index in [1.165, 1.54) is 18.0 Å². The number of aromatic nitrogens is 4. The van der Waals surface area contributed by atoms with Gasteiger partial charge < -0.3 is 15.3 Å². The van der Waals surface area contributed by atoms with E-state index in [4.69, 9.17) is 10.1 Å². The number of β-amino-alcohol motifs (C(OH)–C–C–N with tert-alkyl or cyclic N) is 1. The number of H-pyrrole nitrogens is 1. The Bertz CT molecular complexity index is 1200. The molecular weight excluding hydrogens is 424 g/mol. The van der Waals surface area contributed by atoms with Crippen molar-refractivity contribution >= 4 is 34.2 Å². The summed E-state index contributed by atoms with van der Waals surface area (Å²) in [5.41, 5.74) is 7.65. The third kappa shape index (κ3) is 4.56. The lowest BCUT2D eigenvalue weighted by Crippen LogP contribution is -2.39. The van der Waals surface area contributed by atoms with E-state index in [9.17, 15) is 4.79 Å². The van der Waals surface area contributed by atoms with Gasteiger partial charge in [0, 0.05) is 24.3 Å². The van der Waals surface area contributed by atoms with Gasteiger partial charge in [0.15, 0.2) is 5.84 Å². The molecule has 2 aliphatic rings.